The molecule has 0 saturated carbocycles. The van der Waals surface area contributed by atoms with Gasteiger partial charge in [0, 0.05) is 17.2 Å². The summed E-state index contributed by atoms with van der Waals surface area (Å²) in [5, 5.41) is 20.6. The van der Waals surface area contributed by atoms with Gasteiger partial charge in [-0.15, -0.1) is 0 Å². The molecule has 0 atom stereocenters. The number of ether oxygens (including phenoxy) is 1. The third-order valence-electron chi connectivity index (χ3n) is 3.52. The fourth-order valence-electron chi connectivity index (χ4n) is 2.28. The highest BCUT2D eigenvalue weighted by molar-refractivity contribution is 6.11. The Balaban J connectivity index is 2.53. The molecule has 2 rings (SSSR count). The second-order valence-corrected chi connectivity index (χ2v) is 4.89. The number of carbonyl (C=O) groups is 1. The van der Waals surface area contributed by atoms with E-state index in [1.54, 1.807) is 0 Å². The highest BCUT2D eigenvalue weighted by Crippen LogP contribution is 2.31. The SMILES string of the molecule is CCc1cc(O)c(N)cc1C(=O)c1ccc([N+](=O)[O-])c(OC)c1. The van der Waals surface area contributed by atoms with E-state index in [1.807, 2.05) is 6.92 Å². The number of nitrogens with two attached hydrogens (primary N) is 1. The van der Waals surface area contributed by atoms with Crippen LogP contribution in [0.1, 0.15) is 28.4 Å². The van der Waals surface area contributed by atoms with E-state index in [0.29, 0.717) is 17.5 Å². The van der Waals surface area contributed by atoms with Crippen molar-refractivity contribution >= 4 is 17.2 Å². The molecule has 0 aliphatic carbocycles. The number of anilines is 1. The lowest BCUT2D eigenvalue weighted by Crippen LogP contribution is -2.07. The Hall–Kier alpha value is -3.09. The molecule has 0 aromatic heterocycles. The van der Waals surface area contributed by atoms with Gasteiger partial charge in [0.1, 0.15) is 5.75 Å². The quantitative estimate of drug-likeness (QED) is 0.288. The molecule has 0 radical (unpaired) electrons. The number of nitrogen functional groups attached to an aromatic ring is 1. The molecular weight excluding hydrogens is 300 g/mol. The zero-order chi connectivity index (χ0) is 17.1. The average molecular weight is 316 g/mol. The molecule has 0 heterocycles. The Morgan fingerprint density at radius 1 is 1.35 bits per heavy atom. The summed E-state index contributed by atoms with van der Waals surface area (Å²) >= 11 is 0. The van der Waals surface area contributed by atoms with Crippen LogP contribution in [0.4, 0.5) is 11.4 Å². The number of nitro groups is 1. The number of nitrogens with zero attached hydrogens (tertiary/aromatic N) is 1. The summed E-state index contributed by atoms with van der Waals surface area (Å²) in [7, 11) is 1.30. The van der Waals surface area contributed by atoms with Gasteiger partial charge in [-0.05, 0) is 36.2 Å². The molecule has 0 fully saturated rings. The maximum absolute atomic E-state index is 12.7. The van der Waals surface area contributed by atoms with E-state index < -0.39 is 4.92 Å². The predicted octanol–water partition coefficient (Wildman–Crippen LogP) is 2.68. The Morgan fingerprint density at radius 3 is 2.61 bits per heavy atom. The zero-order valence-electron chi connectivity index (χ0n) is 12.7. The van der Waals surface area contributed by atoms with Gasteiger partial charge in [0.15, 0.2) is 11.5 Å². The van der Waals surface area contributed by atoms with E-state index in [2.05, 4.69) is 0 Å². The van der Waals surface area contributed by atoms with Crippen molar-refractivity contribution < 1.29 is 19.6 Å². The number of methoxy groups -OCH3 is 1. The molecule has 0 spiro atoms. The molecule has 2 aromatic rings. The molecule has 23 heavy (non-hydrogen) atoms. The average Bonchev–Trinajstić information content (AvgIpc) is 2.55. The molecule has 0 aliphatic rings. The Kier molecular flexibility index (Phi) is 4.49. The van der Waals surface area contributed by atoms with Gasteiger partial charge in [-0.2, -0.15) is 0 Å². The topological polar surface area (TPSA) is 116 Å². The van der Waals surface area contributed by atoms with Crippen molar-refractivity contribution in [2.24, 2.45) is 0 Å². The molecule has 3 N–H and O–H groups in total. The number of ketones is 1. The number of rotatable bonds is 5. The van der Waals surface area contributed by atoms with Crippen molar-refractivity contribution in [3.05, 3.63) is 57.1 Å². The fraction of sp³-hybridized carbons (Fsp3) is 0.188. The lowest BCUT2D eigenvalue weighted by atomic mass is 9.95. The summed E-state index contributed by atoms with van der Waals surface area (Å²) < 4.78 is 4.97. The van der Waals surface area contributed by atoms with Crippen LogP contribution in [0.2, 0.25) is 0 Å². The van der Waals surface area contributed by atoms with Crippen LogP contribution >= 0.6 is 0 Å². The third-order valence-corrected chi connectivity index (χ3v) is 3.52. The first kappa shape index (κ1) is 16.3. The Morgan fingerprint density at radius 2 is 2.04 bits per heavy atom. The van der Waals surface area contributed by atoms with Gasteiger partial charge < -0.3 is 15.6 Å². The first-order valence-electron chi connectivity index (χ1n) is 6.87. The summed E-state index contributed by atoms with van der Waals surface area (Å²) in [6.07, 6.45) is 0.527. The number of phenols is 1. The largest absolute Gasteiger partial charge is 0.506 e. The lowest BCUT2D eigenvalue weighted by molar-refractivity contribution is -0.385. The Labute approximate surface area is 132 Å². The smallest absolute Gasteiger partial charge is 0.310 e. The first-order valence-corrected chi connectivity index (χ1v) is 6.87. The minimum absolute atomic E-state index is 0.00523. The summed E-state index contributed by atoms with van der Waals surface area (Å²) in [6, 6.07) is 6.77. The van der Waals surface area contributed by atoms with Crippen LogP contribution in [0, 0.1) is 10.1 Å². The number of aryl methyl sites for hydroxylation is 1. The van der Waals surface area contributed by atoms with Gasteiger partial charge in [0.05, 0.1) is 17.7 Å². The number of benzene rings is 2. The minimum atomic E-state index is -0.580. The van der Waals surface area contributed by atoms with E-state index in [-0.39, 0.29) is 34.2 Å². The minimum Gasteiger partial charge on any atom is -0.506 e. The molecular formula is C16H16N2O5. The molecule has 7 heteroatoms. The van der Waals surface area contributed by atoms with Crippen LogP contribution < -0.4 is 10.5 Å². The van der Waals surface area contributed by atoms with Gasteiger partial charge in [-0.1, -0.05) is 6.92 Å². The monoisotopic (exact) mass is 316 g/mol. The van der Waals surface area contributed by atoms with E-state index in [4.69, 9.17) is 10.5 Å². The van der Waals surface area contributed by atoms with E-state index >= 15 is 0 Å². The number of aromatic hydroxyl groups is 1. The van der Waals surface area contributed by atoms with E-state index in [9.17, 15) is 20.0 Å². The summed E-state index contributed by atoms with van der Waals surface area (Å²) in [6.45, 7) is 1.85. The predicted molar refractivity (Wildman–Crippen MR) is 85.0 cm³/mol. The number of hydrogen-bond donors (Lipinski definition) is 2. The normalized spacial score (nSPS) is 10.3. The summed E-state index contributed by atoms with van der Waals surface area (Å²) in [5.74, 6) is -0.424. The number of phenolic OH excluding ortho intramolecular Hbond substituents is 1. The standard InChI is InChI=1S/C16H16N2O5/c1-3-9-6-14(19)12(17)8-11(9)16(20)10-4-5-13(18(21)22)15(7-10)23-2/h4-8,19H,3,17H2,1-2H3. The second-order valence-electron chi connectivity index (χ2n) is 4.89. The molecule has 0 amide bonds. The van der Waals surface area contributed by atoms with Crippen LogP contribution in [0.5, 0.6) is 11.5 Å². The van der Waals surface area contributed by atoms with E-state index in [0.717, 1.165) is 0 Å². The maximum atomic E-state index is 12.7. The van der Waals surface area contributed by atoms with Crippen LogP contribution in [-0.4, -0.2) is 22.9 Å². The van der Waals surface area contributed by atoms with Crippen molar-refractivity contribution in [1.82, 2.24) is 0 Å². The van der Waals surface area contributed by atoms with Crippen LogP contribution in [0.3, 0.4) is 0 Å². The number of carbonyl (C=O) groups excluding carboxylic acids is 1. The molecule has 0 bridgehead atoms. The molecule has 120 valence electrons. The molecule has 7 nitrogen and oxygen atoms in total. The summed E-state index contributed by atoms with van der Waals surface area (Å²) in [4.78, 5) is 23.0. The molecule has 0 saturated heterocycles. The van der Waals surface area contributed by atoms with Gasteiger partial charge in [0.2, 0.25) is 0 Å². The van der Waals surface area contributed by atoms with Gasteiger partial charge >= 0.3 is 5.69 Å². The highest BCUT2D eigenvalue weighted by Gasteiger charge is 2.20. The van der Waals surface area contributed by atoms with Gasteiger partial charge in [0.25, 0.3) is 0 Å². The van der Waals surface area contributed by atoms with Crippen molar-refractivity contribution in [2.75, 3.05) is 12.8 Å². The maximum Gasteiger partial charge on any atom is 0.310 e. The highest BCUT2D eigenvalue weighted by atomic mass is 16.6. The van der Waals surface area contributed by atoms with Crippen molar-refractivity contribution in [3.63, 3.8) is 0 Å². The van der Waals surface area contributed by atoms with Crippen molar-refractivity contribution in [3.8, 4) is 11.5 Å². The van der Waals surface area contributed by atoms with Gasteiger partial charge in [-0.25, -0.2) is 0 Å². The molecule has 2 aromatic carbocycles. The summed E-state index contributed by atoms with van der Waals surface area (Å²) in [5.41, 5.74) is 6.77. The Bertz CT molecular complexity index is 786. The molecule has 0 aliphatic heterocycles. The third kappa shape index (κ3) is 3.08. The number of hydrogen-bond acceptors (Lipinski definition) is 6. The lowest BCUT2D eigenvalue weighted by Gasteiger charge is -2.11. The van der Waals surface area contributed by atoms with Crippen LogP contribution in [-0.2, 0) is 6.42 Å². The first-order chi connectivity index (χ1) is 10.9. The zero-order valence-corrected chi connectivity index (χ0v) is 12.7. The van der Waals surface area contributed by atoms with Crippen LogP contribution in [0.25, 0.3) is 0 Å². The van der Waals surface area contributed by atoms with E-state index in [1.165, 1.54) is 37.4 Å². The van der Waals surface area contributed by atoms with Crippen molar-refractivity contribution in [2.45, 2.75) is 13.3 Å². The fourth-order valence-corrected chi connectivity index (χ4v) is 2.28. The molecule has 0 unspecified atom stereocenters. The van der Waals surface area contributed by atoms with Crippen molar-refractivity contribution in [1.29, 1.82) is 0 Å². The number of nitro benzene ring substituents is 1. The van der Waals surface area contributed by atoms with Gasteiger partial charge in [-0.3, -0.25) is 14.9 Å². The van der Waals surface area contributed by atoms with Crippen LogP contribution in [0.15, 0.2) is 30.3 Å². The second kappa shape index (κ2) is 6.35.